The summed E-state index contributed by atoms with van der Waals surface area (Å²) < 4.78 is 5.37. The molecule has 0 spiro atoms. The summed E-state index contributed by atoms with van der Waals surface area (Å²) in [6.07, 6.45) is 2.48. The van der Waals surface area contributed by atoms with Gasteiger partial charge in [-0.2, -0.15) is 0 Å². The topological polar surface area (TPSA) is 58.6 Å². The Balaban J connectivity index is 1.84. The molecule has 0 bridgehead atoms. The van der Waals surface area contributed by atoms with Gasteiger partial charge in [0, 0.05) is 19.1 Å². The number of hydrogen-bond donors (Lipinski definition) is 1. The van der Waals surface area contributed by atoms with Crippen molar-refractivity contribution in [2.24, 2.45) is 11.8 Å². The van der Waals surface area contributed by atoms with E-state index in [1.807, 2.05) is 20.8 Å². The van der Waals surface area contributed by atoms with Crippen molar-refractivity contribution in [1.82, 2.24) is 10.2 Å². The highest BCUT2D eigenvalue weighted by Crippen LogP contribution is 2.30. The Morgan fingerprint density at radius 3 is 2.50 bits per heavy atom. The molecule has 0 aromatic rings. The van der Waals surface area contributed by atoms with Crippen molar-refractivity contribution in [3.8, 4) is 0 Å². The molecule has 3 unspecified atom stereocenters. The van der Waals surface area contributed by atoms with Gasteiger partial charge in [-0.05, 0) is 46.0 Å². The summed E-state index contributed by atoms with van der Waals surface area (Å²) in [7, 11) is 0. The zero-order chi connectivity index (χ0) is 14.9. The molecule has 114 valence electrons. The number of likely N-dealkylation sites (tertiary alicyclic amines) is 1. The SMILES string of the molecule is CC1CC1NC(=O)C1CCCN(C(=O)OC(C)(C)C)C1. The molecule has 2 aliphatic rings. The lowest BCUT2D eigenvalue weighted by atomic mass is 9.97. The summed E-state index contributed by atoms with van der Waals surface area (Å²) in [6.45, 7) is 8.85. The van der Waals surface area contributed by atoms with Crippen LogP contribution in [0.4, 0.5) is 4.79 Å². The average Bonchev–Trinajstić information content (AvgIpc) is 3.03. The lowest BCUT2D eigenvalue weighted by Crippen LogP contribution is -2.47. The summed E-state index contributed by atoms with van der Waals surface area (Å²) in [5.41, 5.74) is -0.490. The van der Waals surface area contributed by atoms with Gasteiger partial charge in [-0.3, -0.25) is 4.79 Å². The number of amides is 2. The second-order valence-electron chi connectivity index (χ2n) is 7.09. The highest BCUT2D eigenvalue weighted by Gasteiger charge is 2.37. The molecule has 2 rings (SSSR count). The second kappa shape index (κ2) is 5.62. The van der Waals surface area contributed by atoms with E-state index in [1.54, 1.807) is 4.90 Å². The van der Waals surface area contributed by atoms with Crippen molar-refractivity contribution in [3.63, 3.8) is 0 Å². The lowest BCUT2D eigenvalue weighted by Gasteiger charge is -2.33. The van der Waals surface area contributed by atoms with E-state index < -0.39 is 5.60 Å². The molecule has 1 heterocycles. The van der Waals surface area contributed by atoms with E-state index in [0.717, 1.165) is 19.3 Å². The maximum Gasteiger partial charge on any atom is 0.410 e. The van der Waals surface area contributed by atoms with Gasteiger partial charge in [0.15, 0.2) is 0 Å². The van der Waals surface area contributed by atoms with Gasteiger partial charge in [-0.25, -0.2) is 4.79 Å². The fourth-order valence-electron chi connectivity index (χ4n) is 2.51. The van der Waals surface area contributed by atoms with Crippen LogP contribution >= 0.6 is 0 Å². The van der Waals surface area contributed by atoms with Crippen molar-refractivity contribution in [3.05, 3.63) is 0 Å². The third-order valence-corrected chi connectivity index (χ3v) is 3.88. The molecule has 5 heteroatoms. The van der Waals surface area contributed by atoms with Gasteiger partial charge in [0.25, 0.3) is 0 Å². The average molecular weight is 282 g/mol. The summed E-state index contributed by atoms with van der Waals surface area (Å²) in [5, 5.41) is 3.06. The normalized spacial score (nSPS) is 29.8. The molecule has 3 atom stereocenters. The molecule has 0 aromatic heterocycles. The highest BCUT2D eigenvalue weighted by atomic mass is 16.6. The van der Waals surface area contributed by atoms with Crippen LogP contribution < -0.4 is 5.32 Å². The summed E-state index contributed by atoms with van der Waals surface area (Å²) in [5.74, 6) is 0.598. The minimum absolute atomic E-state index is 0.0904. The minimum Gasteiger partial charge on any atom is -0.444 e. The zero-order valence-corrected chi connectivity index (χ0v) is 12.9. The monoisotopic (exact) mass is 282 g/mol. The standard InChI is InChI=1S/C15H26N2O3/c1-10-8-12(10)16-13(18)11-6-5-7-17(9-11)14(19)20-15(2,3)4/h10-12H,5-9H2,1-4H3,(H,16,18). The van der Waals surface area contributed by atoms with E-state index in [9.17, 15) is 9.59 Å². The van der Waals surface area contributed by atoms with Gasteiger partial charge in [0.1, 0.15) is 5.60 Å². The van der Waals surface area contributed by atoms with Crippen LogP contribution in [0.1, 0.15) is 47.0 Å². The van der Waals surface area contributed by atoms with Gasteiger partial charge in [0.2, 0.25) is 5.91 Å². The van der Waals surface area contributed by atoms with Crippen molar-refractivity contribution in [2.75, 3.05) is 13.1 Å². The van der Waals surface area contributed by atoms with Gasteiger partial charge in [-0.15, -0.1) is 0 Å². The summed E-state index contributed by atoms with van der Waals surface area (Å²) >= 11 is 0. The Morgan fingerprint density at radius 2 is 1.95 bits per heavy atom. The maximum atomic E-state index is 12.2. The van der Waals surface area contributed by atoms with Crippen LogP contribution in [0.15, 0.2) is 0 Å². The van der Waals surface area contributed by atoms with Gasteiger partial charge in [0.05, 0.1) is 5.92 Å². The van der Waals surface area contributed by atoms with Gasteiger partial charge >= 0.3 is 6.09 Å². The van der Waals surface area contributed by atoms with Crippen LogP contribution in [0, 0.1) is 11.8 Å². The predicted molar refractivity (Wildman–Crippen MR) is 76.2 cm³/mol. The third-order valence-electron chi connectivity index (χ3n) is 3.88. The number of rotatable bonds is 2. The van der Waals surface area contributed by atoms with Crippen LogP contribution in [0.5, 0.6) is 0 Å². The molecule has 1 saturated heterocycles. The summed E-state index contributed by atoms with van der Waals surface area (Å²) in [4.78, 5) is 25.9. The van der Waals surface area contributed by atoms with Crippen LogP contribution in [-0.2, 0) is 9.53 Å². The molecule has 1 N–H and O–H groups in total. The van der Waals surface area contributed by atoms with Crippen LogP contribution in [0.2, 0.25) is 0 Å². The Bertz CT molecular complexity index is 389. The first kappa shape index (κ1) is 15.1. The number of nitrogens with one attached hydrogen (secondary N) is 1. The molecule has 2 fully saturated rings. The third kappa shape index (κ3) is 4.12. The predicted octanol–water partition coefficient (Wildman–Crippen LogP) is 2.16. The minimum atomic E-state index is -0.490. The van der Waals surface area contributed by atoms with E-state index in [4.69, 9.17) is 4.74 Å². The lowest BCUT2D eigenvalue weighted by molar-refractivity contribution is -0.126. The van der Waals surface area contributed by atoms with Crippen LogP contribution in [0.25, 0.3) is 0 Å². The van der Waals surface area contributed by atoms with Crippen molar-refractivity contribution < 1.29 is 14.3 Å². The largest absolute Gasteiger partial charge is 0.444 e. The van der Waals surface area contributed by atoms with E-state index in [2.05, 4.69) is 12.2 Å². The first-order chi connectivity index (χ1) is 9.26. The molecule has 2 amide bonds. The number of carbonyl (C=O) groups is 2. The Kier molecular flexibility index (Phi) is 4.25. The molecule has 0 aromatic carbocycles. The van der Waals surface area contributed by atoms with Crippen LogP contribution in [-0.4, -0.2) is 41.6 Å². The molecule has 1 saturated carbocycles. The molecule has 0 radical (unpaired) electrons. The molecular formula is C15H26N2O3. The molecule has 5 nitrogen and oxygen atoms in total. The zero-order valence-electron chi connectivity index (χ0n) is 12.9. The van der Waals surface area contributed by atoms with E-state index in [1.165, 1.54) is 0 Å². The Morgan fingerprint density at radius 1 is 1.30 bits per heavy atom. The van der Waals surface area contributed by atoms with E-state index >= 15 is 0 Å². The number of carbonyl (C=O) groups excluding carboxylic acids is 2. The first-order valence-electron chi connectivity index (χ1n) is 7.54. The number of hydrogen-bond acceptors (Lipinski definition) is 3. The number of nitrogens with zero attached hydrogens (tertiary/aromatic N) is 1. The second-order valence-corrected chi connectivity index (χ2v) is 7.09. The van der Waals surface area contributed by atoms with Crippen molar-refractivity contribution >= 4 is 12.0 Å². The van der Waals surface area contributed by atoms with Gasteiger partial charge in [-0.1, -0.05) is 6.92 Å². The van der Waals surface area contributed by atoms with E-state index in [-0.39, 0.29) is 17.9 Å². The molecule has 1 aliphatic heterocycles. The fraction of sp³-hybridized carbons (Fsp3) is 0.867. The Hall–Kier alpha value is -1.26. The first-order valence-corrected chi connectivity index (χ1v) is 7.54. The van der Waals surface area contributed by atoms with E-state index in [0.29, 0.717) is 25.0 Å². The van der Waals surface area contributed by atoms with Crippen LogP contribution in [0.3, 0.4) is 0 Å². The fourth-order valence-corrected chi connectivity index (χ4v) is 2.51. The molecule has 20 heavy (non-hydrogen) atoms. The summed E-state index contributed by atoms with van der Waals surface area (Å²) in [6, 6.07) is 0.347. The quantitative estimate of drug-likeness (QED) is 0.844. The van der Waals surface area contributed by atoms with Crippen molar-refractivity contribution in [2.45, 2.75) is 58.6 Å². The smallest absolute Gasteiger partial charge is 0.410 e. The van der Waals surface area contributed by atoms with Crippen molar-refractivity contribution in [1.29, 1.82) is 0 Å². The number of piperidine rings is 1. The molecular weight excluding hydrogens is 256 g/mol. The van der Waals surface area contributed by atoms with Gasteiger partial charge < -0.3 is 15.0 Å². The Labute approximate surface area is 121 Å². The highest BCUT2D eigenvalue weighted by molar-refractivity contribution is 5.80. The molecule has 1 aliphatic carbocycles. The number of ether oxygens (including phenoxy) is 1. The maximum absolute atomic E-state index is 12.2.